The molecule has 1 aromatic carbocycles. The minimum atomic E-state index is -1.68. The maximum atomic E-state index is 10.6. The van der Waals surface area contributed by atoms with Crippen molar-refractivity contribution in [3.8, 4) is 0 Å². The van der Waals surface area contributed by atoms with E-state index >= 15 is 0 Å². The summed E-state index contributed by atoms with van der Waals surface area (Å²) >= 11 is 0. The Morgan fingerprint density at radius 2 is 1.59 bits per heavy atom. The third-order valence-electron chi connectivity index (χ3n) is 1.85. The molecule has 0 saturated carbocycles. The van der Waals surface area contributed by atoms with E-state index in [9.17, 15) is 9.90 Å². The number of carboxylic acid groups (broad SMARTS) is 2. The summed E-state index contributed by atoms with van der Waals surface area (Å²) in [6.07, 6.45) is 0.128. The first-order valence-electron chi connectivity index (χ1n) is 4.95. The third kappa shape index (κ3) is 7.08. The quantitative estimate of drug-likeness (QED) is 0.736. The fraction of sp³-hybridized carbons (Fsp3) is 0.333. The van der Waals surface area contributed by atoms with Gasteiger partial charge in [-0.2, -0.15) is 0 Å². The molecule has 0 fully saturated rings. The van der Waals surface area contributed by atoms with Gasteiger partial charge in [-0.15, -0.1) is 0 Å². The molecular weight excluding hydrogens is 224 g/mol. The van der Waals surface area contributed by atoms with Gasteiger partial charge in [-0.1, -0.05) is 30.3 Å². The highest BCUT2D eigenvalue weighted by atomic mass is 16.4. The maximum Gasteiger partial charge on any atom is 0.335 e. The molecule has 0 aromatic heterocycles. The lowest BCUT2D eigenvalue weighted by Crippen LogP contribution is -2.37. The van der Waals surface area contributed by atoms with Crippen molar-refractivity contribution in [1.82, 2.24) is 0 Å². The van der Waals surface area contributed by atoms with Crippen molar-refractivity contribution >= 4 is 11.9 Å². The van der Waals surface area contributed by atoms with Crippen molar-refractivity contribution in [3.63, 3.8) is 0 Å². The molecule has 0 aliphatic heterocycles. The maximum absolute atomic E-state index is 10.6. The summed E-state index contributed by atoms with van der Waals surface area (Å²) in [5, 5.41) is 25.5. The normalized spacial score (nSPS) is 12.9. The van der Waals surface area contributed by atoms with Crippen LogP contribution >= 0.6 is 0 Å². The van der Waals surface area contributed by atoms with E-state index in [1.807, 2.05) is 18.2 Å². The Morgan fingerprint density at radius 3 is 1.94 bits per heavy atom. The molecule has 1 unspecified atom stereocenters. The molecule has 5 nitrogen and oxygen atoms in total. The van der Waals surface area contributed by atoms with Gasteiger partial charge >= 0.3 is 5.97 Å². The lowest BCUT2D eigenvalue weighted by Gasteiger charge is -2.17. The van der Waals surface area contributed by atoms with E-state index in [2.05, 4.69) is 0 Å². The average molecular weight is 240 g/mol. The highest BCUT2D eigenvalue weighted by Crippen LogP contribution is 2.12. The van der Waals surface area contributed by atoms with Crippen LogP contribution in [0.5, 0.6) is 0 Å². The van der Waals surface area contributed by atoms with Gasteiger partial charge in [0, 0.05) is 13.3 Å². The predicted molar refractivity (Wildman–Crippen MR) is 61.7 cm³/mol. The molecule has 0 amide bonds. The first-order valence-corrected chi connectivity index (χ1v) is 4.95. The van der Waals surface area contributed by atoms with E-state index < -0.39 is 17.5 Å². The van der Waals surface area contributed by atoms with Gasteiger partial charge in [0.2, 0.25) is 0 Å². The molecule has 1 atom stereocenters. The van der Waals surface area contributed by atoms with Gasteiger partial charge in [0.1, 0.15) is 0 Å². The molecular formula is C12H16O5. The van der Waals surface area contributed by atoms with Crippen LogP contribution in [0.25, 0.3) is 0 Å². The van der Waals surface area contributed by atoms with Gasteiger partial charge < -0.3 is 15.3 Å². The van der Waals surface area contributed by atoms with Crippen LogP contribution < -0.4 is 0 Å². The smallest absolute Gasteiger partial charge is 0.335 e. The molecule has 0 heterocycles. The molecule has 0 aliphatic rings. The summed E-state index contributed by atoms with van der Waals surface area (Å²) in [5.74, 6) is -2.03. The van der Waals surface area contributed by atoms with Crippen LogP contribution in [0.15, 0.2) is 30.3 Å². The van der Waals surface area contributed by atoms with E-state index in [4.69, 9.17) is 15.0 Å². The SMILES string of the molecule is CC(=O)O.CC(O)(Cc1ccccc1)C(=O)O. The zero-order valence-corrected chi connectivity index (χ0v) is 9.75. The summed E-state index contributed by atoms with van der Waals surface area (Å²) in [7, 11) is 0. The topological polar surface area (TPSA) is 94.8 Å². The number of carbonyl (C=O) groups is 2. The second-order valence-corrected chi connectivity index (χ2v) is 3.76. The van der Waals surface area contributed by atoms with Crippen LogP contribution in [-0.4, -0.2) is 32.9 Å². The van der Waals surface area contributed by atoms with E-state index in [-0.39, 0.29) is 6.42 Å². The zero-order chi connectivity index (χ0) is 13.5. The molecule has 3 N–H and O–H groups in total. The number of carboxylic acids is 2. The fourth-order valence-electron chi connectivity index (χ4n) is 1.07. The summed E-state index contributed by atoms with van der Waals surface area (Å²) in [4.78, 5) is 19.6. The van der Waals surface area contributed by atoms with E-state index in [0.29, 0.717) is 0 Å². The first-order chi connectivity index (χ1) is 7.75. The van der Waals surface area contributed by atoms with Crippen molar-refractivity contribution in [3.05, 3.63) is 35.9 Å². The Bertz CT molecular complexity index is 366. The van der Waals surface area contributed by atoms with Gasteiger partial charge in [0.05, 0.1) is 0 Å². The van der Waals surface area contributed by atoms with Crippen LogP contribution in [0, 0.1) is 0 Å². The summed E-state index contributed by atoms with van der Waals surface area (Å²) in [6.45, 7) is 2.38. The molecule has 0 saturated heterocycles. The van der Waals surface area contributed by atoms with E-state index in [0.717, 1.165) is 12.5 Å². The lowest BCUT2D eigenvalue weighted by atomic mass is 9.97. The highest BCUT2D eigenvalue weighted by molar-refractivity contribution is 5.76. The Balaban J connectivity index is 0.000000557. The molecule has 94 valence electrons. The number of rotatable bonds is 3. The average Bonchev–Trinajstić information content (AvgIpc) is 2.17. The van der Waals surface area contributed by atoms with Crippen LogP contribution in [0.2, 0.25) is 0 Å². The number of aliphatic hydroxyl groups is 1. The Kier molecular flexibility index (Phi) is 5.91. The molecule has 1 aromatic rings. The summed E-state index contributed by atoms with van der Waals surface area (Å²) < 4.78 is 0. The summed E-state index contributed by atoms with van der Waals surface area (Å²) in [5.41, 5.74) is -0.864. The van der Waals surface area contributed by atoms with Crippen molar-refractivity contribution in [2.45, 2.75) is 25.9 Å². The van der Waals surface area contributed by atoms with Crippen molar-refractivity contribution in [2.24, 2.45) is 0 Å². The van der Waals surface area contributed by atoms with Gasteiger partial charge in [-0.3, -0.25) is 4.79 Å². The Hall–Kier alpha value is -1.88. The van der Waals surface area contributed by atoms with Gasteiger partial charge in [0.25, 0.3) is 5.97 Å². The minimum Gasteiger partial charge on any atom is -0.481 e. The second-order valence-electron chi connectivity index (χ2n) is 3.76. The predicted octanol–water partition coefficient (Wildman–Crippen LogP) is 1.16. The lowest BCUT2D eigenvalue weighted by molar-refractivity contribution is -0.156. The standard InChI is InChI=1S/C10H12O3.C2H4O2/c1-10(13,9(11)12)7-8-5-3-2-4-6-8;1-2(3)4/h2-6,13H,7H2,1H3,(H,11,12);1H3,(H,3,4). The largest absolute Gasteiger partial charge is 0.481 e. The number of hydrogen-bond acceptors (Lipinski definition) is 3. The van der Waals surface area contributed by atoms with Crippen LogP contribution in [0.1, 0.15) is 19.4 Å². The molecule has 0 radical (unpaired) electrons. The van der Waals surface area contributed by atoms with E-state index in [1.165, 1.54) is 6.92 Å². The molecule has 0 spiro atoms. The van der Waals surface area contributed by atoms with Crippen LogP contribution in [-0.2, 0) is 16.0 Å². The van der Waals surface area contributed by atoms with Crippen LogP contribution in [0.4, 0.5) is 0 Å². The van der Waals surface area contributed by atoms with Gasteiger partial charge in [0.15, 0.2) is 5.60 Å². The Morgan fingerprint density at radius 1 is 1.18 bits per heavy atom. The molecule has 17 heavy (non-hydrogen) atoms. The zero-order valence-electron chi connectivity index (χ0n) is 9.75. The molecule has 1 rings (SSSR count). The molecule has 5 heteroatoms. The molecule has 0 bridgehead atoms. The third-order valence-corrected chi connectivity index (χ3v) is 1.85. The summed E-state index contributed by atoms with van der Waals surface area (Å²) in [6, 6.07) is 9.05. The number of aliphatic carboxylic acids is 2. The monoisotopic (exact) mass is 240 g/mol. The van der Waals surface area contributed by atoms with Gasteiger partial charge in [-0.05, 0) is 12.5 Å². The van der Waals surface area contributed by atoms with Crippen molar-refractivity contribution in [2.75, 3.05) is 0 Å². The van der Waals surface area contributed by atoms with Crippen LogP contribution in [0.3, 0.4) is 0 Å². The van der Waals surface area contributed by atoms with Crippen molar-refractivity contribution in [1.29, 1.82) is 0 Å². The number of hydrogen-bond donors (Lipinski definition) is 3. The van der Waals surface area contributed by atoms with E-state index in [1.54, 1.807) is 12.1 Å². The first kappa shape index (κ1) is 15.1. The fourth-order valence-corrected chi connectivity index (χ4v) is 1.07. The van der Waals surface area contributed by atoms with Gasteiger partial charge in [-0.25, -0.2) is 4.79 Å². The molecule has 0 aliphatic carbocycles. The second kappa shape index (κ2) is 6.65. The highest BCUT2D eigenvalue weighted by Gasteiger charge is 2.29. The number of benzene rings is 1. The minimum absolute atomic E-state index is 0.128. The van der Waals surface area contributed by atoms with Crippen molar-refractivity contribution < 1.29 is 24.9 Å². The Labute approximate surface area is 99.3 Å².